The number of nitro groups is 1. The van der Waals surface area contributed by atoms with Gasteiger partial charge in [0, 0.05) is 6.07 Å². The van der Waals surface area contributed by atoms with Gasteiger partial charge in [0.25, 0.3) is 5.69 Å². The Kier molecular flexibility index (Phi) is 4.54. The highest BCUT2D eigenvalue weighted by molar-refractivity contribution is 5.77. The number of carboxylic acid groups (broad SMARTS) is 1. The molecule has 2 N–H and O–H groups in total. The summed E-state index contributed by atoms with van der Waals surface area (Å²) < 4.78 is 0. The molecule has 0 saturated heterocycles. The van der Waals surface area contributed by atoms with Crippen molar-refractivity contribution in [2.45, 2.75) is 12.5 Å². The average molecular weight is 262 g/mol. The van der Waals surface area contributed by atoms with Crippen LogP contribution in [-0.4, -0.2) is 27.0 Å². The van der Waals surface area contributed by atoms with Gasteiger partial charge in [0.2, 0.25) is 0 Å². The fraction of sp³-hybridized carbons (Fsp3) is 0.182. The number of carboxylic acids is 1. The summed E-state index contributed by atoms with van der Waals surface area (Å²) in [7, 11) is 0. The van der Waals surface area contributed by atoms with E-state index in [0.29, 0.717) is 0 Å². The standard InChI is InChI=1S/C11H10N4O4/c1-2-3-9(11(16)17)14-10-7(5-12)4-8(6-13-10)15(18)19/h2,4,6,9H,1,3H2,(H,13,14)(H,16,17). The highest BCUT2D eigenvalue weighted by atomic mass is 16.6. The molecule has 0 amide bonds. The number of nitrogens with zero attached hydrogens (tertiary/aromatic N) is 3. The van der Waals surface area contributed by atoms with Gasteiger partial charge in [0.05, 0.1) is 4.92 Å². The van der Waals surface area contributed by atoms with Gasteiger partial charge in [-0.2, -0.15) is 5.26 Å². The molecule has 0 fully saturated rings. The molecule has 1 aromatic heterocycles. The molecule has 19 heavy (non-hydrogen) atoms. The maximum atomic E-state index is 10.9. The normalized spacial score (nSPS) is 11.1. The predicted molar refractivity (Wildman–Crippen MR) is 65.5 cm³/mol. The Morgan fingerprint density at radius 3 is 2.95 bits per heavy atom. The molecule has 1 rings (SSSR count). The number of rotatable bonds is 6. The van der Waals surface area contributed by atoms with Crippen molar-refractivity contribution in [3.05, 3.63) is 40.6 Å². The van der Waals surface area contributed by atoms with Crippen molar-refractivity contribution in [2.75, 3.05) is 5.32 Å². The van der Waals surface area contributed by atoms with E-state index in [2.05, 4.69) is 16.9 Å². The zero-order valence-corrected chi connectivity index (χ0v) is 9.74. The van der Waals surface area contributed by atoms with Gasteiger partial charge >= 0.3 is 5.97 Å². The van der Waals surface area contributed by atoms with E-state index in [-0.39, 0.29) is 23.5 Å². The molecule has 0 aromatic carbocycles. The molecule has 0 aliphatic rings. The van der Waals surface area contributed by atoms with Crippen molar-refractivity contribution < 1.29 is 14.8 Å². The molecule has 0 saturated carbocycles. The Balaban J connectivity index is 3.07. The summed E-state index contributed by atoms with van der Waals surface area (Å²) in [6.45, 7) is 3.43. The first-order valence-corrected chi connectivity index (χ1v) is 5.14. The van der Waals surface area contributed by atoms with Gasteiger partial charge in [-0.15, -0.1) is 6.58 Å². The lowest BCUT2D eigenvalue weighted by Gasteiger charge is -2.13. The molecule has 1 atom stereocenters. The number of carbonyl (C=O) groups is 1. The van der Waals surface area contributed by atoms with Crippen LogP contribution in [0.15, 0.2) is 24.9 Å². The molecular weight excluding hydrogens is 252 g/mol. The predicted octanol–water partition coefficient (Wildman–Crippen LogP) is 1.30. The molecule has 1 aromatic rings. The summed E-state index contributed by atoms with van der Waals surface area (Å²) in [6, 6.07) is 1.76. The van der Waals surface area contributed by atoms with E-state index in [4.69, 9.17) is 10.4 Å². The molecule has 1 unspecified atom stereocenters. The van der Waals surface area contributed by atoms with Gasteiger partial charge in [0.1, 0.15) is 29.7 Å². The smallest absolute Gasteiger partial charge is 0.326 e. The molecule has 0 aliphatic carbocycles. The minimum atomic E-state index is -1.14. The SMILES string of the molecule is C=CCC(Nc1ncc([N+](=O)[O-])cc1C#N)C(=O)O. The Labute approximate surface area is 108 Å². The van der Waals surface area contributed by atoms with Crippen LogP contribution in [0.2, 0.25) is 0 Å². The van der Waals surface area contributed by atoms with Crippen molar-refractivity contribution in [2.24, 2.45) is 0 Å². The van der Waals surface area contributed by atoms with Crippen LogP contribution in [0, 0.1) is 21.4 Å². The molecule has 0 aliphatic heterocycles. The lowest BCUT2D eigenvalue weighted by molar-refractivity contribution is -0.385. The van der Waals surface area contributed by atoms with E-state index in [1.807, 2.05) is 0 Å². The summed E-state index contributed by atoms with van der Waals surface area (Å²) in [4.78, 5) is 24.5. The molecule has 0 bridgehead atoms. The van der Waals surface area contributed by atoms with Crippen LogP contribution in [-0.2, 0) is 4.79 Å². The van der Waals surface area contributed by atoms with Crippen LogP contribution in [0.1, 0.15) is 12.0 Å². The maximum absolute atomic E-state index is 10.9. The van der Waals surface area contributed by atoms with E-state index in [1.54, 1.807) is 6.07 Å². The van der Waals surface area contributed by atoms with Gasteiger partial charge in [-0.05, 0) is 6.42 Å². The Bertz CT molecular complexity index is 564. The number of hydrogen-bond acceptors (Lipinski definition) is 6. The highest BCUT2D eigenvalue weighted by Crippen LogP contribution is 2.19. The van der Waals surface area contributed by atoms with Crippen LogP contribution in [0.5, 0.6) is 0 Å². The number of pyridine rings is 1. The van der Waals surface area contributed by atoms with Gasteiger partial charge in [-0.1, -0.05) is 6.08 Å². The lowest BCUT2D eigenvalue weighted by atomic mass is 10.2. The molecule has 8 nitrogen and oxygen atoms in total. The Morgan fingerprint density at radius 1 is 1.79 bits per heavy atom. The summed E-state index contributed by atoms with van der Waals surface area (Å²) in [5.74, 6) is -1.15. The monoisotopic (exact) mass is 262 g/mol. The molecule has 98 valence electrons. The largest absolute Gasteiger partial charge is 0.480 e. The quantitative estimate of drug-likeness (QED) is 0.449. The maximum Gasteiger partial charge on any atom is 0.326 e. The molecule has 0 spiro atoms. The van der Waals surface area contributed by atoms with E-state index in [9.17, 15) is 14.9 Å². The minimum Gasteiger partial charge on any atom is -0.480 e. The third kappa shape index (κ3) is 3.50. The van der Waals surface area contributed by atoms with Crippen LogP contribution < -0.4 is 5.32 Å². The van der Waals surface area contributed by atoms with Crippen LogP contribution in [0.3, 0.4) is 0 Å². The van der Waals surface area contributed by atoms with Crippen LogP contribution in [0.4, 0.5) is 11.5 Å². The second kappa shape index (κ2) is 6.11. The molecule has 0 radical (unpaired) electrons. The second-order valence-corrected chi connectivity index (χ2v) is 3.52. The first kappa shape index (κ1) is 14.1. The summed E-state index contributed by atoms with van der Waals surface area (Å²) in [5, 5.41) is 30.9. The fourth-order valence-corrected chi connectivity index (χ4v) is 1.31. The topological polar surface area (TPSA) is 129 Å². The Hall–Kier alpha value is -2.95. The van der Waals surface area contributed by atoms with Gasteiger partial charge < -0.3 is 10.4 Å². The Morgan fingerprint density at radius 2 is 2.47 bits per heavy atom. The van der Waals surface area contributed by atoms with Crippen molar-refractivity contribution in [3.63, 3.8) is 0 Å². The van der Waals surface area contributed by atoms with Crippen molar-refractivity contribution in [3.8, 4) is 6.07 Å². The number of aliphatic carboxylic acids is 1. The lowest BCUT2D eigenvalue weighted by Crippen LogP contribution is -2.29. The summed E-state index contributed by atoms with van der Waals surface area (Å²) in [5.41, 5.74) is -0.429. The number of aromatic nitrogens is 1. The fourth-order valence-electron chi connectivity index (χ4n) is 1.31. The van der Waals surface area contributed by atoms with Crippen molar-refractivity contribution >= 4 is 17.5 Å². The first-order valence-electron chi connectivity index (χ1n) is 5.14. The third-order valence-electron chi connectivity index (χ3n) is 2.22. The second-order valence-electron chi connectivity index (χ2n) is 3.52. The average Bonchev–Trinajstić information content (AvgIpc) is 2.38. The number of nitrogens with one attached hydrogen (secondary N) is 1. The van der Waals surface area contributed by atoms with Crippen LogP contribution in [0.25, 0.3) is 0 Å². The zero-order chi connectivity index (χ0) is 14.4. The molecular formula is C11H10N4O4. The number of nitriles is 1. The molecule has 8 heteroatoms. The van der Waals surface area contributed by atoms with Gasteiger partial charge in [-0.25, -0.2) is 9.78 Å². The van der Waals surface area contributed by atoms with Crippen molar-refractivity contribution in [1.29, 1.82) is 5.26 Å². The van der Waals surface area contributed by atoms with E-state index in [1.165, 1.54) is 6.08 Å². The van der Waals surface area contributed by atoms with Crippen LogP contribution >= 0.6 is 0 Å². The van der Waals surface area contributed by atoms with Gasteiger partial charge in [0.15, 0.2) is 0 Å². The summed E-state index contributed by atoms with van der Waals surface area (Å²) in [6.07, 6.45) is 2.48. The van der Waals surface area contributed by atoms with E-state index in [0.717, 1.165) is 12.3 Å². The number of hydrogen-bond donors (Lipinski definition) is 2. The highest BCUT2D eigenvalue weighted by Gasteiger charge is 2.19. The number of anilines is 1. The van der Waals surface area contributed by atoms with E-state index >= 15 is 0 Å². The third-order valence-corrected chi connectivity index (χ3v) is 2.22. The minimum absolute atomic E-state index is 0.0117. The zero-order valence-electron chi connectivity index (χ0n) is 9.74. The van der Waals surface area contributed by atoms with E-state index < -0.39 is 16.9 Å². The van der Waals surface area contributed by atoms with Gasteiger partial charge in [-0.3, -0.25) is 10.1 Å². The first-order chi connectivity index (χ1) is 8.99. The van der Waals surface area contributed by atoms with Crippen molar-refractivity contribution in [1.82, 2.24) is 4.98 Å². The summed E-state index contributed by atoms with van der Waals surface area (Å²) >= 11 is 0. The molecule has 1 heterocycles.